The standard InChI is InChI=1S/C9H14I.CHNS/c1-6-5-10-9(4)8(3)7(6)2;2-1-3/h5,9H,1-4H3;2H/q-1;. The number of halogens is 1. The molecule has 0 aromatic carbocycles. The Morgan fingerprint density at radius 1 is 1.46 bits per heavy atom. The summed E-state index contributed by atoms with van der Waals surface area (Å²) in [5.41, 5.74) is 4.66. The number of rotatable bonds is 0. The van der Waals surface area contributed by atoms with E-state index in [1.807, 2.05) is 0 Å². The van der Waals surface area contributed by atoms with Crippen molar-refractivity contribution in [2.75, 3.05) is 0 Å². The van der Waals surface area contributed by atoms with Crippen LogP contribution in [0.1, 0.15) is 27.7 Å². The van der Waals surface area contributed by atoms with Crippen LogP contribution < -0.4 is 21.2 Å². The zero-order chi connectivity index (χ0) is 10.4. The van der Waals surface area contributed by atoms with Crippen LogP contribution in [0, 0.1) is 5.41 Å². The summed E-state index contributed by atoms with van der Waals surface area (Å²) >= 11 is 4.13. The molecule has 0 aromatic rings. The average Bonchev–Trinajstić information content (AvgIpc) is 2.10. The number of allylic oxidation sites excluding steroid dienone is 3. The van der Waals surface area contributed by atoms with Crippen LogP contribution in [0.2, 0.25) is 0 Å². The van der Waals surface area contributed by atoms with Crippen molar-refractivity contribution in [2.24, 2.45) is 0 Å². The van der Waals surface area contributed by atoms with Crippen molar-refractivity contribution in [3.05, 3.63) is 20.8 Å². The quantitative estimate of drug-likeness (QED) is 0.298. The molecule has 0 spiro atoms. The molecule has 1 aliphatic heterocycles. The molecule has 1 N–H and O–H groups in total. The molecule has 0 aliphatic carbocycles. The summed E-state index contributed by atoms with van der Waals surface area (Å²) in [6, 6.07) is 0. The predicted octanol–water partition coefficient (Wildman–Crippen LogP) is 0.386. The normalized spacial score (nSPS) is 21.8. The summed E-state index contributed by atoms with van der Waals surface area (Å²) in [4.78, 5) is 0. The first-order valence-corrected chi connectivity index (χ1v) is 6.94. The fourth-order valence-corrected chi connectivity index (χ4v) is 3.53. The molecule has 1 aliphatic rings. The van der Waals surface area contributed by atoms with Gasteiger partial charge < -0.3 is 0 Å². The zero-order valence-corrected chi connectivity index (χ0v) is 11.4. The molecule has 0 aromatic heterocycles. The molecule has 0 fully saturated rings. The molecule has 1 unspecified atom stereocenters. The molecular weight excluding hydrogens is 293 g/mol. The van der Waals surface area contributed by atoms with E-state index in [9.17, 15) is 0 Å². The van der Waals surface area contributed by atoms with E-state index in [1.165, 1.54) is 11.1 Å². The minimum Gasteiger partial charge on any atom is -0.248 e. The number of hydrogen-bond donors (Lipinski definition) is 1. The minimum absolute atomic E-state index is 0.324. The second-order valence-corrected chi connectivity index (χ2v) is 6.36. The van der Waals surface area contributed by atoms with E-state index in [2.05, 4.69) is 44.0 Å². The van der Waals surface area contributed by atoms with Crippen LogP contribution in [0.25, 0.3) is 0 Å². The maximum atomic E-state index is 5.77. The van der Waals surface area contributed by atoms with Gasteiger partial charge in [-0.1, -0.05) is 0 Å². The van der Waals surface area contributed by atoms with Crippen molar-refractivity contribution in [3.8, 4) is 0 Å². The van der Waals surface area contributed by atoms with E-state index in [1.54, 1.807) is 10.7 Å². The van der Waals surface area contributed by atoms with Gasteiger partial charge in [-0.2, -0.15) is 0 Å². The van der Waals surface area contributed by atoms with Crippen molar-refractivity contribution in [2.45, 2.75) is 31.6 Å². The first-order valence-electron chi connectivity index (χ1n) is 4.05. The van der Waals surface area contributed by atoms with Crippen LogP contribution in [-0.2, 0) is 0 Å². The molecule has 0 saturated heterocycles. The van der Waals surface area contributed by atoms with Crippen LogP contribution in [0.5, 0.6) is 0 Å². The smallest absolute Gasteiger partial charge is 0.0554 e. The van der Waals surface area contributed by atoms with Gasteiger partial charge in [-0.15, -0.1) is 0 Å². The summed E-state index contributed by atoms with van der Waals surface area (Å²) in [7, 11) is 0. The van der Waals surface area contributed by atoms with Gasteiger partial charge in [0.25, 0.3) is 0 Å². The maximum absolute atomic E-state index is 5.77. The van der Waals surface area contributed by atoms with E-state index in [0.717, 1.165) is 3.92 Å². The van der Waals surface area contributed by atoms with Gasteiger partial charge in [0.2, 0.25) is 0 Å². The Labute approximate surface area is 96.1 Å². The molecule has 0 amide bonds. The SMILES string of the molecule is CC1=C[I-]C(C)C(C)=C1C.N=C=S. The van der Waals surface area contributed by atoms with Gasteiger partial charge in [0.1, 0.15) is 0 Å². The summed E-state index contributed by atoms with van der Waals surface area (Å²) in [5, 5.41) is 7.36. The average molecular weight is 308 g/mol. The van der Waals surface area contributed by atoms with Crippen molar-refractivity contribution >= 4 is 17.4 Å². The molecule has 1 atom stereocenters. The van der Waals surface area contributed by atoms with Crippen molar-refractivity contribution in [1.29, 1.82) is 5.41 Å². The van der Waals surface area contributed by atoms with Gasteiger partial charge in [0.15, 0.2) is 0 Å². The number of thiocarbonyl (C=S) groups is 1. The molecule has 1 rings (SSSR count). The zero-order valence-electron chi connectivity index (χ0n) is 8.44. The molecule has 0 saturated carbocycles. The summed E-state index contributed by atoms with van der Waals surface area (Å²) in [6.45, 7) is 9.08. The fourth-order valence-electron chi connectivity index (χ4n) is 0.975. The number of nitrogens with one attached hydrogen (secondary N) is 1. The molecule has 0 bridgehead atoms. The van der Waals surface area contributed by atoms with Crippen LogP contribution in [0.3, 0.4) is 0 Å². The monoisotopic (exact) mass is 308 g/mol. The van der Waals surface area contributed by atoms with Crippen molar-refractivity contribution in [3.63, 3.8) is 0 Å². The van der Waals surface area contributed by atoms with Gasteiger partial charge >= 0.3 is 73.6 Å². The van der Waals surface area contributed by atoms with E-state index in [4.69, 9.17) is 5.41 Å². The minimum atomic E-state index is 0.324. The molecule has 13 heavy (non-hydrogen) atoms. The Bertz CT molecular complexity index is 273. The van der Waals surface area contributed by atoms with E-state index < -0.39 is 0 Å². The molecular formula is C10H15INS-. The molecule has 0 radical (unpaired) electrons. The molecule has 74 valence electrons. The topological polar surface area (TPSA) is 23.9 Å². The third kappa shape index (κ3) is 4.16. The fraction of sp³-hybridized carbons (Fsp3) is 0.500. The van der Waals surface area contributed by atoms with Crippen LogP contribution in [0.15, 0.2) is 20.8 Å². The molecule has 3 heteroatoms. The molecule has 1 heterocycles. The second-order valence-electron chi connectivity index (χ2n) is 2.94. The Kier molecular flexibility index (Phi) is 6.47. The number of isothiocyanates is 1. The first kappa shape index (κ1) is 13.0. The summed E-state index contributed by atoms with van der Waals surface area (Å²) in [6.07, 6.45) is 0. The molecule has 1 nitrogen and oxygen atoms in total. The third-order valence-corrected chi connectivity index (χ3v) is 5.50. The largest absolute Gasteiger partial charge is 0.248 e. The number of alkyl halides is 1. The first-order chi connectivity index (χ1) is 6.04. The van der Waals surface area contributed by atoms with Crippen LogP contribution in [0.4, 0.5) is 0 Å². The Hall–Kier alpha value is 0.01000. The van der Waals surface area contributed by atoms with Crippen LogP contribution >= 0.6 is 12.2 Å². The van der Waals surface area contributed by atoms with E-state index >= 15 is 0 Å². The second kappa shape index (κ2) is 6.46. The Morgan fingerprint density at radius 2 is 1.92 bits per heavy atom. The van der Waals surface area contributed by atoms with Gasteiger partial charge in [-0.05, 0) is 12.2 Å². The van der Waals surface area contributed by atoms with Crippen molar-refractivity contribution in [1.82, 2.24) is 0 Å². The van der Waals surface area contributed by atoms with Crippen LogP contribution in [-0.4, -0.2) is 9.09 Å². The van der Waals surface area contributed by atoms with Gasteiger partial charge in [-0.25, -0.2) is 5.41 Å². The maximum Gasteiger partial charge on any atom is 0.0554 e. The summed E-state index contributed by atoms with van der Waals surface area (Å²) < 4.78 is 3.33. The third-order valence-electron chi connectivity index (χ3n) is 2.20. The number of hydrogen-bond acceptors (Lipinski definition) is 2. The van der Waals surface area contributed by atoms with E-state index in [-0.39, 0.29) is 0 Å². The van der Waals surface area contributed by atoms with Gasteiger partial charge in [0, 0.05) is 0 Å². The van der Waals surface area contributed by atoms with Gasteiger partial charge in [0.05, 0.1) is 5.16 Å². The van der Waals surface area contributed by atoms with Gasteiger partial charge in [-0.3, -0.25) is 0 Å². The predicted molar refractivity (Wildman–Crippen MR) is 56.9 cm³/mol. The summed E-state index contributed by atoms with van der Waals surface area (Å²) in [5.74, 6) is 0. The Morgan fingerprint density at radius 3 is 2.31 bits per heavy atom. The van der Waals surface area contributed by atoms with Crippen molar-refractivity contribution < 1.29 is 21.2 Å². The Balaban J connectivity index is 0.000000424. The van der Waals surface area contributed by atoms with E-state index in [0.29, 0.717) is 21.2 Å².